The number of carboxylic acids is 1. The summed E-state index contributed by atoms with van der Waals surface area (Å²) in [6.45, 7) is 0.183. The second-order valence-electron chi connectivity index (χ2n) is 4.72. The van der Waals surface area contributed by atoms with Gasteiger partial charge in [0.2, 0.25) is 0 Å². The molecule has 0 fully saturated rings. The number of carbonyl (C=O) groups excluding carboxylic acids is 1. The summed E-state index contributed by atoms with van der Waals surface area (Å²) in [5, 5.41) is 18.6. The van der Waals surface area contributed by atoms with E-state index >= 15 is 0 Å². The highest BCUT2D eigenvalue weighted by atomic mass is 16.6. The molecule has 22 heavy (non-hydrogen) atoms. The van der Waals surface area contributed by atoms with Gasteiger partial charge in [0, 0.05) is 11.5 Å². The van der Waals surface area contributed by atoms with Gasteiger partial charge in [0.05, 0.1) is 6.61 Å². The Morgan fingerprint density at radius 1 is 1.36 bits per heavy atom. The minimum absolute atomic E-state index is 0.0446. The minimum atomic E-state index is -1.18. The largest absolute Gasteiger partial charge is 0.508 e. The van der Waals surface area contributed by atoms with Crippen LogP contribution in [-0.2, 0) is 21.0 Å². The van der Waals surface area contributed by atoms with Crippen LogP contribution in [0.4, 0.5) is 0 Å². The van der Waals surface area contributed by atoms with E-state index in [9.17, 15) is 19.8 Å². The predicted molar refractivity (Wildman–Crippen MR) is 78.3 cm³/mol. The van der Waals surface area contributed by atoms with E-state index < -0.39 is 17.9 Å². The second-order valence-corrected chi connectivity index (χ2v) is 4.72. The van der Waals surface area contributed by atoms with Gasteiger partial charge >= 0.3 is 5.97 Å². The highest BCUT2D eigenvalue weighted by Crippen LogP contribution is 2.23. The molecular formula is C16H15NO5. The number of nitrogens with one attached hydrogen (secondary N) is 1. The first-order chi connectivity index (χ1) is 10.6. The van der Waals surface area contributed by atoms with E-state index in [0.717, 1.165) is 5.56 Å². The van der Waals surface area contributed by atoms with Gasteiger partial charge in [-0.05, 0) is 17.7 Å². The van der Waals surface area contributed by atoms with Gasteiger partial charge in [-0.1, -0.05) is 36.4 Å². The van der Waals surface area contributed by atoms with E-state index in [-0.39, 0.29) is 17.9 Å². The molecule has 6 nitrogen and oxygen atoms in total. The molecule has 0 aliphatic heterocycles. The summed E-state index contributed by atoms with van der Waals surface area (Å²) in [5.41, 5.74) is 3.38. The molecule has 1 aromatic carbocycles. The normalized spacial score (nSPS) is 18.5. The van der Waals surface area contributed by atoms with Gasteiger partial charge in [-0.15, -0.1) is 0 Å². The lowest BCUT2D eigenvalue weighted by atomic mass is 9.88. The maximum atomic E-state index is 11.4. The lowest BCUT2D eigenvalue weighted by Crippen LogP contribution is -2.43. The molecule has 0 heterocycles. The van der Waals surface area contributed by atoms with Crippen molar-refractivity contribution in [3.8, 4) is 0 Å². The van der Waals surface area contributed by atoms with E-state index in [0.29, 0.717) is 0 Å². The van der Waals surface area contributed by atoms with Crippen LogP contribution in [0.25, 0.3) is 0 Å². The quantitative estimate of drug-likeness (QED) is 0.545. The maximum Gasteiger partial charge on any atom is 0.324 e. The molecule has 3 N–H and O–H groups in total. The molecule has 0 bridgehead atoms. The first kappa shape index (κ1) is 15.7. The van der Waals surface area contributed by atoms with E-state index in [1.807, 2.05) is 30.3 Å². The Morgan fingerprint density at radius 3 is 2.73 bits per heavy atom. The van der Waals surface area contributed by atoms with Crippen LogP contribution in [0.2, 0.25) is 0 Å². The van der Waals surface area contributed by atoms with Gasteiger partial charge in [0.15, 0.2) is 0 Å². The zero-order valence-electron chi connectivity index (χ0n) is 11.6. The van der Waals surface area contributed by atoms with Gasteiger partial charge in [-0.2, -0.15) is 5.48 Å². The Labute approximate surface area is 127 Å². The lowest BCUT2D eigenvalue weighted by molar-refractivity contribution is -0.145. The maximum absolute atomic E-state index is 11.4. The third kappa shape index (κ3) is 3.93. The van der Waals surface area contributed by atoms with Gasteiger partial charge < -0.3 is 10.2 Å². The van der Waals surface area contributed by atoms with Crippen molar-refractivity contribution < 1.29 is 24.6 Å². The van der Waals surface area contributed by atoms with Crippen LogP contribution >= 0.6 is 0 Å². The van der Waals surface area contributed by atoms with Crippen molar-refractivity contribution in [3.63, 3.8) is 0 Å². The summed E-state index contributed by atoms with van der Waals surface area (Å²) in [4.78, 5) is 27.5. The summed E-state index contributed by atoms with van der Waals surface area (Å²) in [7, 11) is 0. The predicted octanol–water partition coefficient (Wildman–Crippen LogP) is 1.55. The van der Waals surface area contributed by atoms with E-state index in [2.05, 4.69) is 5.48 Å². The number of benzene rings is 1. The number of allylic oxidation sites excluding steroid dienone is 2. The molecule has 1 aliphatic rings. The van der Waals surface area contributed by atoms with Crippen molar-refractivity contribution >= 4 is 11.9 Å². The SMILES string of the molecule is O=C=C1C=C(O)C=CC1C(NOCc1ccccc1)C(=O)O. The van der Waals surface area contributed by atoms with Crippen LogP contribution < -0.4 is 5.48 Å². The molecule has 6 heteroatoms. The number of hydrogen-bond donors (Lipinski definition) is 3. The third-order valence-electron chi connectivity index (χ3n) is 3.17. The Hall–Kier alpha value is -2.66. The Bertz CT molecular complexity index is 644. The number of aliphatic carboxylic acids is 1. The van der Waals surface area contributed by atoms with Crippen LogP contribution in [0.3, 0.4) is 0 Å². The average molecular weight is 301 g/mol. The average Bonchev–Trinajstić information content (AvgIpc) is 2.52. The molecule has 1 aliphatic carbocycles. The Morgan fingerprint density at radius 2 is 2.09 bits per heavy atom. The zero-order chi connectivity index (χ0) is 15.9. The van der Waals surface area contributed by atoms with Crippen molar-refractivity contribution in [1.29, 1.82) is 0 Å². The number of aliphatic hydroxyl groups is 1. The molecule has 0 radical (unpaired) electrons. The first-order valence-electron chi connectivity index (χ1n) is 6.59. The van der Waals surface area contributed by atoms with Crippen molar-refractivity contribution in [3.05, 3.63) is 65.5 Å². The molecule has 2 atom stereocenters. The summed E-state index contributed by atoms with van der Waals surface area (Å²) in [5.74, 6) is -0.425. The topological polar surface area (TPSA) is 95.9 Å². The highest BCUT2D eigenvalue weighted by Gasteiger charge is 2.31. The fourth-order valence-electron chi connectivity index (χ4n) is 2.06. The van der Waals surface area contributed by atoms with E-state index in [1.54, 1.807) is 5.94 Å². The molecule has 0 saturated carbocycles. The summed E-state index contributed by atoms with van der Waals surface area (Å²) in [6, 6.07) is 8.07. The zero-order valence-corrected chi connectivity index (χ0v) is 11.6. The minimum Gasteiger partial charge on any atom is -0.508 e. The first-order valence-corrected chi connectivity index (χ1v) is 6.59. The number of rotatable bonds is 6. The van der Waals surface area contributed by atoms with Crippen LogP contribution in [-0.4, -0.2) is 28.2 Å². The van der Waals surface area contributed by atoms with Gasteiger partial charge in [0.1, 0.15) is 17.7 Å². The van der Waals surface area contributed by atoms with Crippen molar-refractivity contribution in [2.45, 2.75) is 12.6 Å². The molecule has 0 saturated heterocycles. The monoisotopic (exact) mass is 301 g/mol. The lowest BCUT2D eigenvalue weighted by Gasteiger charge is -2.23. The van der Waals surface area contributed by atoms with Gasteiger partial charge in [-0.3, -0.25) is 9.63 Å². The molecule has 0 spiro atoms. The van der Waals surface area contributed by atoms with Gasteiger partial charge in [-0.25, -0.2) is 4.79 Å². The summed E-state index contributed by atoms with van der Waals surface area (Å²) in [6.07, 6.45) is 3.94. The summed E-state index contributed by atoms with van der Waals surface area (Å²) < 4.78 is 0. The molecule has 1 aromatic rings. The van der Waals surface area contributed by atoms with Crippen LogP contribution in [0, 0.1) is 5.92 Å². The number of hydroxylamine groups is 1. The number of hydrogen-bond acceptors (Lipinski definition) is 5. The molecule has 114 valence electrons. The fraction of sp³-hybridized carbons (Fsp3) is 0.188. The standard InChI is InChI=1S/C16H15NO5/c18-9-12-8-13(19)6-7-14(12)15(16(20)21)17-22-10-11-4-2-1-3-5-11/h1-8,14-15,17,19H,10H2,(H,20,21). The molecular weight excluding hydrogens is 286 g/mol. The molecule has 2 unspecified atom stereocenters. The number of carbonyl (C=O) groups is 1. The Kier molecular flexibility index (Phi) is 5.27. The summed E-state index contributed by atoms with van der Waals surface area (Å²) >= 11 is 0. The fourth-order valence-corrected chi connectivity index (χ4v) is 2.06. The van der Waals surface area contributed by atoms with Crippen molar-refractivity contribution in [2.75, 3.05) is 0 Å². The van der Waals surface area contributed by atoms with E-state index in [4.69, 9.17) is 4.84 Å². The van der Waals surface area contributed by atoms with Crippen molar-refractivity contribution in [1.82, 2.24) is 5.48 Å². The van der Waals surface area contributed by atoms with Crippen LogP contribution in [0.15, 0.2) is 59.9 Å². The van der Waals surface area contributed by atoms with Gasteiger partial charge in [0.25, 0.3) is 0 Å². The number of carboxylic acid groups (broad SMARTS) is 1. The number of aliphatic hydroxyl groups excluding tert-OH is 1. The van der Waals surface area contributed by atoms with E-state index in [1.165, 1.54) is 18.2 Å². The molecule has 0 aromatic heterocycles. The van der Waals surface area contributed by atoms with Crippen LogP contribution in [0.5, 0.6) is 0 Å². The molecule has 2 rings (SSSR count). The third-order valence-corrected chi connectivity index (χ3v) is 3.17. The second kappa shape index (κ2) is 7.38. The van der Waals surface area contributed by atoms with Crippen molar-refractivity contribution in [2.24, 2.45) is 5.92 Å². The highest BCUT2D eigenvalue weighted by molar-refractivity contribution is 5.77. The smallest absolute Gasteiger partial charge is 0.324 e. The Balaban J connectivity index is 2.03. The van der Waals surface area contributed by atoms with Crippen LogP contribution in [0.1, 0.15) is 5.56 Å². The molecule has 0 amide bonds.